The first-order valence-electron chi connectivity index (χ1n) is 4.25. The normalized spacial score (nSPS) is 29.3. The minimum absolute atomic E-state index is 0.00926. The summed E-state index contributed by atoms with van der Waals surface area (Å²) in [4.78, 5) is 11.4. The number of carbonyl (C=O) groups excluding carboxylic acids is 1. The van der Waals surface area contributed by atoms with Gasteiger partial charge in [0.15, 0.2) is 0 Å². The van der Waals surface area contributed by atoms with Gasteiger partial charge in [-0.2, -0.15) is 0 Å². The van der Waals surface area contributed by atoms with Crippen LogP contribution in [0.3, 0.4) is 0 Å². The fourth-order valence-electron chi connectivity index (χ4n) is 1.23. The van der Waals surface area contributed by atoms with Crippen LogP contribution in [-0.2, 0) is 9.53 Å². The summed E-state index contributed by atoms with van der Waals surface area (Å²) in [5.41, 5.74) is 5.67. The third-order valence-corrected chi connectivity index (χ3v) is 1.89. The van der Waals surface area contributed by atoms with E-state index in [1.165, 1.54) is 0 Å². The predicted octanol–water partition coefficient (Wildman–Crippen LogP) is -0.515. The van der Waals surface area contributed by atoms with E-state index in [0.717, 1.165) is 0 Å². The summed E-state index contributed by atoms with van der Waals surface area (Å²) in [6.07, 6.45) is 0. The van der Waals surface area contributed by atoms with Crippen molar-refractivity contribution in [3.8, 4) is 0 Å². The zero-order chi connectivity index (χ0) is 9.14. The van der Waals surface area contributed by atoms with Gasteiger partial charge in [0, 0.05) is 12.1 Å². The lowest BCUT2D eigenvalue weighted by Gasteiger charge is -2.15. The number of nitrogens with one attached hydrogen (secondary N) is 1. The highest BCUT2D eigenvalue weighted by Crippen LogP contribution is 2.11. The zero-order valence-electron chi connectivity index (χ0n) is 7.54. The first kappa shape index (κ1) is 9.48. The molecule has 0 aromatic carbocycles. The van der Waals surface area contributed by atoms with Gasteiger partial charge in [-0.05, 0) is 13.8 Å². The molecular formula is C8H16N2O2. The van der Waals surface area contributed by atoms with E-state index in [-0.39, 0.29) is 23.9 Å². The Morgan fingerprint density at radius 1 is 1.58 bits per heavy atom. The number of nitrogens with two attached hydrogens (primary N) is 1. The van der Waals surface area contributed by atoms with Crippen LogP contribution in [0.1, 0.15) is 13.8 Å². The monoisotopic (exact) mass is 172 g/mol. The molecule has 0 radical (unpaired) electrons. The van der Waals surface area contributed by atoms with Crippen molar-refractivity contribution >= 4 is 5.91 Å². The lowest BCUT2D eigenvalue weighted by atomic mass is 10.0. The van der Waals surface area contributed by atoms with Crippen molar-refractivity contribution in [2.75, 3.05) is 13.2 Å². The fraction of sp³-hybridized carbons (Fsp3) is 0.875. The van der Waals surface area contributed by atoms with Crippen molar-refractivity contribution in [2.45, 2.75) is 25.9 Å². The van der Waals surface area contributed by atoms with E-state index in [1.807, 2.05) is 13.8 Å². The standard InChI is InChI=1S/C8H16N2O2/c1-5(2)10-8(11)6-3-12-4-7(6)9/h5-7H,3-4,9H2,1-2H3,(H,10,11). The van der Waals surface area contributed by atoms with E-state index < -0.39 is 0 Å². The highest BCUT2D eigenvalue weighted by molar-refractivity contribution is 5.80. The molecule has 1 saturated heterocycles. The number of carbonyl (C=O) groups is 1. The van der Waals surface area contributed by atoms with Gasteiger partial charge in [0.2, 0.25) is 5.91 Å². The van der Waals surface area contributed by atoms with Crippen molar-refractivity contribution < 1.29 is 9.53 Å². The molecule has 4 heteroatoms. The summed E-state index contributed by atoms with van der Waals surface area (Å²) in [7, 11) is 0. The topological polar surface area (TPSA) is 64.3 Å². The molecule has 1 rings (SSSR count). The van der Waals surface area contributed by atoms with Crippen molar-refractivity contribution in [1.82, 2.24) is 5.32 Å². The maximum absolute atomic E-state index is 11.4. The molecule has 1 aliphatic heterocycles. The summed E-state index contributed by atoms with van der Waals surface area (Å²) in [5.74, 6) is -0.151. The number of hydrogen-bond donors (Lipinski definition) is 2. The van der Waals surface area contributed by atoms with Crippen LogP contribution >= 0.6 is 0 Å². The number of ether oxygens (including phenoxy) is 1. The van der Waals surface area contributed by atoms with Crippen LogP contribution < -0.4 is 11.1 Å². The quantitative estimate of drug-likeness (QED) is 0.589. The number of rotatable bonds is 2. The molecule has 1 fully saturated rings. The Hall–Kier alpha value is -0.610. The van der Waals surface area contributed by atoms with E-state index in [1.54, 1.807) is 0 Å². The smallest absolute Gasteiger partial charge is 0.227 e. The predicted molar refractivity (Wildman–Crippen MR) is 45.6 cm³/mol. The van der Waals surface area contributed by atoms with Crippen LogP contribution in [0.15, 0.2) is 0 Å². The molecule has 0 aromatic rings. The largest absolute Gasteiger partial charge is 0.379 e. The molecule has 1 aliphatic rings. The van der Waals surface area contributed by atoms with Gasteiger partial charge in [-0.1, -0.05) is 0 Å². The molecule has 12 heavy (non-hydrogen) atoms. The van der Waals surface area contributed by atoms with E-state index >= 15 is 0 Å². The SMILES string of the molecule is CC(C)NC(=O)C1COCC1N. The van der Waals surface area contributed by atoms with Crippen LogP contribution in [0.25, 0.3) is 0 Å². The summed E-state index contributed by atoms with van der Waals surface area (Å²) < 4.78 is 5.09. The average molecular weight is 172 g/mol. The minimum Gasteiger partial charge on any atom is -0.379 e. The first-order chi connectivity index (χ1) is 5.61. The Labute approximate surface area is 72.5 Å². The molecule has 70 valence electrons. The average Bonchev–Trinajstić information content (AvgIpc) is 2.33. The van der Waals surface area contributed by atoms with Crippen LogP contribution in [0.2, 0.25) is 0 Å². The van der Waals surface area contributed by atoms with E-state index in [2.05, 4.69) is 5.32 Å². The summed E-state index contributed by atoms with van der Waals surface area (Å²) in [6.45, 7) is 4.81. The molecule has 3 N–H and O–H groups in total. The molecule has 0 bridgehead atoms. The zero-order valence-corrected chi connectivity index (χ0v) is 7.54. The van der Waals surface area contributed by atoms with Gasteiger partial charge < -0.3 is 15.8 Å². The molecular weight excluding hydrogens is 156 g/mol. The van der Waals surface area contributed by atoms with Crippen molar-refractivity contribution in [2.24, 2.45) is 11.7 Å². The lowest BCUT2D eigenvalue weighted by molar-refractivity contribution is -0.125. The number of amides is 1. The molecule has 0 saturated carbocycles. The van der Waals surface area contributed by atoms with Crippen LogP contribution in [0.4, 0.5) is 0 Å². The molecule has 0 aliphatic carbocycles. The first-order valence-corrected chi connectivity index (χ1v) is 4.25. The molecule has 2 unspecified atom stereocenters. The highest BCUT2D eigenvalue weighted by atomic mass is 16.5. The third-order valence-electron chi connectivity index (χ3n) is 1.89. The molecule has 0 aromatic heterocycles. The van der Waals surface area contributed by atoms with Crippen molar-refractivity contribution in [1.29, 1.82) is 0 Å². The molecule has 2 atom stereocenters. The van der Waals surface area contributed by atoms with E-state index in [0.29, 0.717) is 13.2 Å². The Kier molecular flexibility index (Phi) is 3.05. The summed E-state index contributed by atoms with van der Waals surface area (Å²) >= 11 is 0. The van der Waals surface area contributed by atoms with Gasteiger partial charge in [-0.15, -0.1) is 0 Å². The maximum atomic E-state index is 11.4. The molecule has 1 amide bonds. The van der Waals surface area contributed by atoms with Crippen molar-refractivity contribution in [3.63, 3.8) is 0 Å². The van der Waals surface area contributed by atoms with Gasteiger partial charge in [-0.3, -0.25) is 4.79 Å². The maximum Gasteiger partial charge on any atom is 0.227 e. The van der Waals surface area contributed by atoms with Crippen LogP contribution in [0, 0.1) is 5.92 Å². The second kappa shape index (κ2) is 3.87. The number of hydrogen-bond acceptors (Lipinski definition) is 3. The molecule has 0 spiro atoms. The highest BCUT2D eigenvalue weighted by Gasteiger charge is 2.31. The lowest BCUT2D eigenvalue weighted by Crippen LogP contribution is -2.43. The minimum atomic E-state index is -0.160. The summed E-state index contributed by atoms with van der Waals surface area (Å²) in [5, 5.41) is 2.82. The van der Waals surface area contributed by atoms with Crippen LogP contribution in [-0.4, -0.2) is 31.2 Å². The third kappa shape index (κ3) is 2.19. The van der Waals surface area contributed by atoms with Gasteiger partial charge in [0.1, 0.15) is 0 Å². The molecule has 1 heterocycles. The van der Waals surface area contributed by atoms with Crippen molar-refractivity contribution in [3.05, 3.63) is 0 Å². The van der Waals surface area contributed by atoms with Gasteiger partial charge >= 0.3 is 0 Å². The second-order valence-corrected chi connectivity index (χ2v) is 3.47. The van der Waals surface area contributed by atoms with Crippen LogP contribution in [0.5, 0.6) is 0 Å². The Morgan fingerprint density at radius 3 is 2.67 bits per heavy atom. The van der Waals surface area contributed by atoms with Gasteiger partial charge in [-0.25, -0.2) is 0 Å². The Balaban J connectivity index is 2.41. The van der Waals surface area contributed by atoms with Gasteiger partial charge in [0.25, 0.3) is 0 Å². The fourth-order valence-corrected chi connectivity index (χ4v) is 1.23. The molecule has 4 nitrogen and oxygen atoms in total. The Morgan fingerprint density at radius 2 is 2.25 bits per heavy atom. The Bertz CT molecular complexity index is 170. The summed E-state index contributed by atoms with van der Waals surface area (Å²) in [6, 6.07) is 0.0362. The van der Waals surface area contributed by atoms with Gasteiger partial charge in [0.05, 0.1) is 19.1 Å². The van der Waals surface area contributed by atoms with E-state index in [4.69, 9.17) is 10.5 Å². The second-order valence-electron chi connectivity index (χ2n) is 3.47. The van der Waals surface area contributed by atoms with E-state index in [9.17, 15) is 4.79 Å².